The molecular weight excluding hydrogens is 432 g/mol. The second kappa shape index (κ2) is 14.7. The molecule has 0 saturated heterocycles. The number of carbonyl (C=O) groups excluding carboxylic acids is 3. The fourth-order valence-corrected chi connectivity index (χ4v) is 2.38. The molecule has 0 N–H and O–H groups in total. The molecule has 0 aromatic heterocycles. The molecule has 0 aliphatic heterocycles. The van der Waals surface area contributed by atoms with Crippen molar-refractivity contribution in [1.82, 2.24) is 0 Å². The predicted molar refractivity (Wildman–Crippen MR) is 120 cm³/mol. The summed E-state index contributed by atoms with van der Waals surface area (Å²) in [7, 11) is 0. The van der Waals surface area contributed by atoms with E-state index in [0.717, 1.165) is 0 Å². The van der Waals surface area contributed by atoms with Gasteiger partial charge in [-0.05, 0) is 39.0 Å². The first kappa shape index (κ1) is 27.8. The highest BCUT2D eigenvalue weighted by atomic mass is 16.7. The first-order valence-electron chi connectivity index (χ1n) is 10.2. The summed E-state index contributed by atoms with van der Waals surface area (Å²) in [6.07, 6.45) is 1.81. The van der Waals surface area contributed by atoms with E-state index in [0.29, 0.717) is 0 Å². The molecule has 180 valence electrons. The quantitative estimate of drug-likeness (QED) is 0.166. The van der Waals surface area contributed by atoms with E-state index in [9.17, 15) is 14.4 Å². The normalized spacial score (nSPS) is 13.2. The number of ether oxygens (including phenoxy) is 6. The van der Waals surface area contributed by atoms with Crippen molar-refractivity contribution in [2.45, 2.75) is 39.6 Å². The van der Waals surface area contributed by atoms with Crippen molar-refractivity contribution in [3.8, 4) is 0 Å². The highest BCUT2D eigenvalue weighted by Gasteiger charge is 2.25. The summed E-state index contributed by atoms with van der Waals surface area (Å²) < 4.78 is 31.3. The average Bonchev–Trinajstić information content (AvgIpc) is 2.79. The van der Waals surface area contributed by atoms with Crippen LogP contribution in [0.25, 0.3) is 0 Å². The summed E-state index contributed by atoms with van der Waals surface area (Å²) in [6, 6.07) is 3.76. The Labute approximate surface area is 193 Å². The number of benzene rings is 1. The molecule has 0 radical (unpaired) electrons. The molecule has 3 atom stereocenters. The first-order chi connectivity index (χ1) is 15.7. The van der Waals surface area contributed by atoms with E-state index < -0.39 is 36.8 Å². The molecule has 9 heteroatoms. The van der Waals surface area contributed by atoms with Gasteiger partial charge in [0.1, 0.15) is 0 Å². The molecule has 9 nitrogen and oxygen atoms in total. The second-order valence-corrected chi connectivity index (χ2v) is 6.55. The van der Waals surface area contributed by atoms with Crippen LogP contribution < -0.4 is 0 Å². The summed E-state index contributed by atoms with van der Waals surface area (Å²) in [5.74, 6) is -2.51. The molecule has 0 bridgehead atoms. The highest BCUT2D eigenvalue weighted by molar-refractivity contribution is 6.05. The lowest BCUT2D eigenvalue weighted by molar-refractivity contribution is -0.0920. The van der Waals surface area contributed by atoms with Crippen LogP contribution in [0, 0.1) is 0 Å². The van der Waals surface area contributed by atoms with Crippen LogP contribution >= 0.6 is 0 Å². The Hall–Kier alpha value is -3.27. The zero-order chi connectivity index (χ0) is 24.8. The minimum absolute atomic E-state index is 0.00294. The van der Waals surface area contributed by atoms with Crippen LogP contribution in [-0.4, -0.2) is 56.6 Å². The Morgan fingerprint density at radius 1 is 0.697 bits per heavy atom. The van der Waals surface area contributed by atoms with Crippen LogP contribution in [-0.2, 0) is 28.4 Å². The smallest absolute Gasteiger partial charge is 0.341 e. The fourth-order valence-electron chi connectivity index (χ4n) is 2.38. The van der Waals surface area contributed by atoms with Crippen LogP contribution in [0.5, 0.6) is 0 Å². The molecule has 0 aliphatic rings. The Balaban J connectivity index is 3.16. The van der Waals surface area contributed by atoms with E-state index in [-0.39, 0.29) is 36.5 Å². The molecule has 0 saturated carbocycles. The fraction of sp³-hybridized carbons (Fsp3) is 0.375. The minimum atomic E-state index is -0.933. The third-order valence-corrected chi connectivity index (χ3v) is 3.86. The molecule has 0 amide bonds. The molecule has 1 aromatic carbocycles. The maximum Gasteiger partial charge on any atom is 0.341 e. The highest BCUT2D eigenvalue weighted by Crippen LogP contribution is 2.18. The topological polar surface area (TPSA) is 107 Å². The van der Waals surface area contributed by atoms with Gasteiger partial charge in [-0.15, -0.1) is 19.7 Å². The van der Waals surface area contributed by atoms with Gasteiger partial charge in [-0.3, -0.25) is 0 Å². The molecule has 1 rings (SSSR count). The Morgan fingerprint density at radius 2 is 1.09 bits per heavy atom. The Bertz CT molecular complexity index is 846. The number of hydrogen-bond acceptors (Lipinski definition) is 9. The summed E-state index contributed by atoms with van der Waals surface area (Å²) >= 11 is 0. The third-order valence-electron chi connectivity index (χ3n) is 3.86. The standard InChI is InChI=1S/C24H30O9/c1-7-12-28-16(4)31-22(25)19-10-11-20(23(26)32-17(5)29-13-8-2)21(15-19)24(27)33-18(6)30-14-9-3/h7-11,15-18H,1-3,12-14H2,4-6H3. The second-order valence-electron chi connectivity index (χ2n) is 6.55. The van der Waals surface area contributed by atoms with E-state index in [1.807, 2.05) is 0 Å². The zero-order valence-corrected chi connectivity index (χ0v) is 19.1. The van der Waals surface area contributed by atoms with Gasteiger partial charge in [-0.1, -0.05) is 18.2 Å². The van der Waals surface area contributed by atoms with Crippen molar-refractivity contribution in [2.75, 3.05) is 19.8 Å². The SMILES string of the molecule is C=CCOC(C)OC(=O)c1ccc(C(=O)OC(C)OCC=C)c(C(=O)OC(C)OCC=C)c1. The van der Waals surface area contributed by atoms with Gasteiger partial charge in [0.2, 0.25) is 18.9 Å². The third kappa shape index (κ3) is 9.82. The van der Waals surface area contributed by atoms with Crippen LogP contribution in [0.2, 0.25) is 0 Å². The molecule has 1 aromatic rings. The number of esters is 3. The molecule has 0 spiro atoms. The van der Waals surface area contributed by atoms with Gasteiger partial charge in [0, 0.05) is 0 Å². The lowest BCUT2D eigenvalue weighted by Gasteiger charge is -2.17. The molecular formula is C24H30O9. The summed E-state index contributed by atoms with van der Waals surface area (Å²) in [4.78, 5) is 37.9. The van der Waals surface area contributed by atoms with Crippen LogP contribution in [0.3, 0.4) is 0 Å². The van der Waals surface area contributed by atoms with Gasteiger partial charge in [-0.25, -0.2) is 14.4 Å². The van der Waals surface area contributed by atoms with Gasteiger partial charge >= 0.3 is 17.9 Å². The van der Waals surface area contributed by atoms with Crippen molar-refractivity contribution in [2.24, 2.45) is 0 Å². The number of rotatable bonds is 15. The maximum atomic E-state index is 12.8. The van der Waals surface area contributed by atoms with Gasteiger partial charge < -0.3 is 28.4 Å². The monoisotopic (exact) mass is 462 g/mol. The summed E-state index contributed by atoms with van der Waals surface area (Å²) in [6.45, 7) is 15.6. The Morgan fingerprint density at radius 3 is 1.52 bits per heavy atom. The minimum Gasteiger partial charge on any atom is -0.432 e. The number of carbonyl (C=O) groups is 3. The average molecular weight is 462 g/mol. The van der Waals surface area contributed by atoms with E-state index in [2.05, 4.69) is 19.7 Å². The lowest BCUT2D eigenvalue weighted by Crippen LogP contribution is -2.24. The van der Waals surface area contributed by atoms with E-state index in [4.69, 9.17) is 28.4 Å². The van der Waals surface area contributed by atoms with Gasteiger partial charge in [0.15, 0.2) is 0 Å². The zero-order valence-electron chi connectivity index (χ0n) is 19.1. The molecule has 33 heavy (non-hydrogen) atoms. The Kier molecular flexibility index (Phi) is 12.4. The molecule has 0 fully saturated rings. The van der Waals surface area contributed by atoms with Crippen molar-refractivity contribution in [3.63, 3.8) is 0 Å². The number of hydrogen-bond donors (Lipinski definition) is 0. The first-order valence-corrected chi connectivity index (χ1v) is 10.2. The summed E-state index contributed by atoms with van der Waals surface area (Å²) in [5, 5.41) is 0. The molecule has 0 heterocycles. The van der Waals surface area contributed by atoms with E-state index in [1.54, 1.807) is 0 Å². The van der Waals surface area contributed by atoms with Gasteiger partial charge in [-0.2, -0.15) is 0 Å². The van der Waals surface area contributed by atoms with E-state index >= 15 is 0 Å². The van der Waals surface area contributed by atoms with Gasteiger partial charge in [0.25, 0.3) is 0 Å². The molecule has 3 unspecified atom stereocenters. The summed E-state index contributed by atoms with van der Waals surface area (Å²) in [5.41, 5.74) is -0.334. The lowest BCUT2D eigenvalue weighted by atomic mass is 10.0. The van der Waals surface area contributed by atoms with Crippen LogP contribution in [0.15, 0.2) is 56.2 Å². The van der Waals surface area contributed by atoms with Crippen molar-refractivity contribution in [3.05, 3.63) is 72.9 Å². The van der Waals surface area contributed by atoms with Crippen molar-refractivity contribution < 1.29 is 42.8 Å². The van der Waals surface area contributed by atoms with Crippen molar-refractivity contribution in [1.29, 1.82) is 0 Å². The van der Waals surface area contributed by atoms with Crippen LogP contribution in [0.1, 0.15) is 51.8 Å². The molecule has 0 aliphatic carbocycles. The predicted octanol–water partition coefficient (Wildman–Crippen LogP) is 3.80. The maximum absolute atomic E-state index is 12.8. The van der Waals surface area contributed by atoms with Crippen LogP contribution in [0.4, 0.5) is 0 Å². The van der Waals surface area contributed by atoms with Crippen molar-refractivity contribution >= 4 is 17.9 Å². The van der Waals surface area contributed by atoms with Gasteiger partial charge in [0.05, 0.1) is 36.5 Å². The largest absolute Gasteiger partial charge is 0.432 e. The van der Waals surface area contributed by atoms with E-state index in [1.165, 1.54) is 57.2 Å².